The van der Waals surface area contributed by atoms with Crippen LogP contribution < -0.4 is 0 Å². The van der Waals surface area contributed by atoms with Crippen LogP contribution in [0, 0.1) is 0 Å². The van der Waals surface area contributed by atoms with Crippen LogP contribution in [0.15, 0.2) is 239 Å². The van der Waals surface area contributed by atoms with Crippen LogP contribution in [0.25, 0.3) is 139 Å². The summed E-state index contributed by atoms with van der Waals surface area (Å²) in [4.78, 5) is 14.9. The lowest BCUT2D eigenvalue weighted by molar-refractivity contribution is 0.668. The molecule has 0 N–H and O–H groups in total. The first-order valence-electron chi connectivity index (χ1n) is 23.2. The molecule has 0 spiro atoms. The van der Waals surface area contributed by atoms with Crippen molar-refractivity contribution < 1.29 is 8.83 Å². The van der Waals surface area contributed by atoms with E-state index in [1.807, 2.05) is 66.7 Å². The molecule has 0 aliphatic heterocycles. The number of furan rings is 2. The van der Waals surface area contributed by atoms with E-state index < -0.39 is 0 Å². The van der Waals surface area contributed by atoms with E-state index >= 15 is 0 Å². The number of aromatic nitrogens is 4. The van der Waals surface area contributed by atoms with E-state index in [-0.39, 0.29) is 0 Å². The molecule has 14 aromatic rings. The topological polar surface area (TPSA) is 69.9 Å². The summed E-state index contributed by atoms with van der Waals surface area (Å²) < 4.78 is 15.8. The van der Waals surface area contributed by atoms with Crippen molar-refractivity contribution in [3.63, 3.8) is 0 Å². The first kappa shape index (κ1) is 38.8. The van der Waals surface area contributed by atoms with E-state index in [1.54, 1.807) is 0 Å². The Kier molecular flexibility index (Phi) is 8.79. The summed E-state index contributed by atoms with van der Waals surface area (Å²) in [5, 5.41) is 6.67. The van der Waals surface area contributed by atoms with Gasteiger partial charge in [0.2, 0.25) is 0 Å². The van der Waals surface area contributed by atoms with Crippen LogP contribution in [0.5, 0.6) is 0 Å². The number of hydrogen-bond donors (Lipinski definition) is 0. The Hall–Kier alpha value is -9.39. The summed E-state index contributed by atoms with van der Waals surface area (Å²) in [6, 6.07) is 80.4. The zero-order valence-corrected chi connectivity index (χ0v) is 37.0. The number of fused-ring (bicyclic) bond motifs is 9. The van der Waals surface area contributed by atoms with Crippen molar-refractivity contribution in [1.29, 1.82) is 0 Å². The Morgan fingerprint density at radius 1 is 0.290 bits per heavy atom. The first-order chi connectivity index (χ1) is 34.2. The molecule has 0 unspecified atom stereocenters. The van der Waals surface area contributed by atoms with Crippen LogP contribution in [0.2, 0.25) is 0 Å². The molecule has 0 saturated carbocycles. The summed E-state index contributed by atoms with van der Waals surface area (Å²) in [6.07, 6.45) is 0. The van der Waals surface area contributed by atoms with Gasteiger partial charge in [0.15, 0.2) is 17.5 Å². The molecule has 0 atom stereocenters. The highest BCUT2D eigenvalue weighted by Gasteiger charge is 2.20. The van der Waals surface area contributed by atoms with Gasteiger partial charge in [-0.3, -0.25) is 0 Å². The molecule has 4 aromatic heterocycles. The molecule has 6 nitrogen and oxygen atoms in total. The monoisotopic (exact) mass is 882 g/mol. The third kappa shape index (κ3) is 6.45. The summed E-state index contributed by atoms with van der Waals surface area (Å²) in [5.74, 6) is 1.87. The van der Waals surface area contributed by atoms with Gasteiger partial charge in [-0.2, -0.15) is 0 Å². The lowest BCUT2D eigenvalue weighted by Crippen LogP contribution is -2.00. The normalized spacial score (nSPS) is 11.8. The van der Waals surface area contributed by atoms with Crippen LogP contribution in [-0.2, 0) is 0 Å². The Morgan fingerprint density at radius 2 is 0.884 bits per heavy atom. The molecule has 14 rings (SSSR count). The Bertz CT molecular complexity index is 4250. The summed E-state index contributed by atoms with van der Waals surface area (Å²) >= 11 is 0. The average Bonchev–Trinajstić information content (AvgIpc) is 4.10. The summed E-state index contributed by atoms with van der Waals surface area (Å²) in [6.45, 7) is 0. The summed E-state index contributed by atoms with van der Waals surface area (Å²) in [5.41, 5.74) is 16.0. The van der Waals surface area contributed by atoms with Gasteiger partial charge < -0.3 is 13.4 Å². The molecule has 322 valence electrons. The van der Waals surface area contributed by atoms with Crippen molar-refractivity contribution in [2.45, 2.75) is 0 Å². The van der Waals surface area contributed by atoms with Crippen molar-refractivity contribution in [3.05, 3.63) is 231 Å². The molecule has 6 heteroatoms. The predicted molar refractivity (Wildman–Crippen MR) is 281 cm³/mol. The van der Waals surface area contributed by atoms with Crippen molar-refractivity contribution in [2.24, 2.45) is 0 Å². The molecule has 0 amide bonds. The second-order valence-electron chi connectivity index (χ2n) is 17.5. The quantitative estimate of drug-likeness (QED) is 0.159. The van der Waals surface area contributed by atoms with Crippen molar-refractivity contribution in [3.8, 4) is 73.2 Å². The minimum absolute atomic E-state index is 0.610. The smallest absolute Gasteiger partial charge is 0.164 e. The fraction of sp³-hybridized carbons (Fsp3) is 0. The molecular weight excluding hydrogens is 845 g/mol. The second-order valence-corrected chi connectivity index (χ2v) is 17.5. The van der Waals surface area contributed by atoms with Crippen LogP contribution >= 0.6 is 0 Å². The van der Waals surface area contributed by atoms with Gasteiger partial charge in [-0.1, -0.05) is 170 Å². The highest BCUT2D eigenvalue weighted by atomic mass is 16.3. The van der Waals surface area contributed by atoms with Gasteiger partial charge in [0, 0.05) is 60.3 Å². The van der Waals surface area contributed by atoms with Gasteiger partial charge >= 0.3 is 0 Å². The maximum atomic E-state index is 6.76. The number of rotatable bonds is 7. The van der Waals surface area contributed by atoms with Crippen LogP contribution in [-0.4, -0.2) is 19.5 Å². The molecule has 0 bridgehead atoms. The number of benzene rings is 10. The molecule has 4 heterocycles. The molecule has 0 aliphatic carbocycles. The lowest BCUT2D eigenvalue weighted by atomic mass is 9.96. The average molecular weight is 883 g/mol. The van der Waals surface area contributed by atoms with Gasteiger partial charge in [-0.25, -0.2) is 15.0 Å². The Morgan fingerprint density at radius 3 is 1.67 bits per heavy atom. The zero-order chi connectivity index (χ0) is 45.4. The first-order valence-corrected chi connectivity index (χ1v) is 23.2. The fourth-order valence-electron chi connectivity index (χ4n) is 10.2. The Balaban J connectivity index is 0.847. The number of para-hydroxylation sites is 2. The maximum Gasteiger partial charge on any atom is 0.164 e. The predicted octanol–water partition coefficient (Wildman–Crippen LogP) is 16.8. The number of nitrogens with zero attached hydrogens (tertiary/aromatic N) is 4. The minimum Gasteiger partial charge on any atom is -0.456 e. The largest absolute Gasteiger partial charge is 0.456 e. The molecule has 0 aliphatic rings. The SMILES string of the molecule is c1ccc(-c2ccc3c(c2)c2ccccc2n3-c2ccc3oc4c(-c5ccc6c(c5)oc5cccc(-c7cccc(-c8nc(-c9ccccc9)nc(-c9ccccc9)n8)c7)c56)cccc4c3c2)cc1. The molecule has 0 fully saturated rings. The summed E-state index contributed by atoms with van der Waals surface area (Å²) in [7, 11) is 0. The zero-order valence-electron chi connectivity index (χ0n) is 37.0. The Labute approximate surface area is 396 Å². The second kappa shape index (κ2) is 15.6. The minimum atomic E-state index is 0.610. The van der Waals surface area contributed by atoms with Gasteiger partial charge in [0.05, 0.1) is 11.0 Å². The van der Waals surface area contributed by atoms with E-state index in [2.05, 4.69) is 168 Å². The maximum absolute atomic E-state index is 6.76. The van der Waals surface area contributed by atoms with E-state index in [1.165, 1.54) is 21.9 Å². The third-order valence-corrected chi connectivity index (χ3v) is 13.5. The van der Waals surface area contributed by atoms with E-state index in [0.717, 1.165) is 99.5 Å². The van der Waals surface area contributed by atoms with Crippen LogP contribution in [0.4, 0.5) is 0 Å². The highest BCUT2D eigenvalue weighted by Crippen LogP contribution is 2.43. The van der Waals surface area contributed by atoms with Crippen molar-refractivity contribution >= 4 is 65.7 Å². The van der Waals surface area contributed by atoms with E-state index in [0.29, 0.717) is 17.5 Å². The van der Waals surface area contributed by atoms with Gasteiger partial charge in [0.1, 0.15) is 22.3 Å². The lowest BCUT2D eigenvalue weighted by Gasteiger charge is -2.10. The molecule has 0 saturated heterocycles. The van der Waals surface area contributed by atoms with Crippen LogP contribution in [0.3, 0.4) is 0 Å². The van der Waals surface area contributed by atoms with Crippen molar-refractivity contribution in [1.82, 2.24) is 19.5 Å². The molecular formula is C63H38N4O2. The molecule has 10 aromatic carbocycles. The van der Waals surface area contributed by atoms with E-state index in [4.69, 9.17) is 23.8 Å². The van der Waals surface area contributed by atoms with Gasteiger partial charge in [-0.05, 0) is 88.5 Å². The molecule has 69 heavy (non-hydrogen) atoms. The van der Waals surface area contributed by atoms with Gasteiger partial charge in [-0.15, -0.1) is 0 Å². The van der Waals surface area contributed by atoms with Gasteiger partial charge in [0.25, 0.3) is 0 Å². The van der Waals surface area contributed by atoms with E-state index in [9.17, 15) is 0 Å². The number of hydrogen-bond acceptors (Lipinski definition) is 5. The highest BCUT2D eigenvalue weighted by molar-refractivity contribution is 6.15. The molecule has 0 radical (unpaired) electrons. The van der Waals surface area contributed by atoms with Crippen LogP contribution in [0.1, 0.15) is 0 Å². The fourth-order valence-corrected chi connectivity index (χ4v) is 10.2. The van der Waals surface area contributed by atoms with Crippen molar-refractivity contribution in [2.75, 3.05) is 0 Å². The standard InChI is InChI=1S/C63H38N4O2/c1-4-15-39(16-5-1)42-30-33-55-52(36-42)49-23-10-11-27-54(49)67(55)46-31-34-56-53(38-46)50-26-13-25-48(60(50)69-56)44-29-32-51-58(37-44)68-57-28-14-24-47(59(51)57)43-21-12-22-45(35-43)63-65-61(40-17-6-2-7-18-40)64-62(66-63)41-19-8-3-9-20-41/h1-38H. The third-order valence-electron chi connectivity index (χ3n) is 13.5.